The van der Waals surface area contributed by atoms with E-state index in [1.807, 2.05) is 0 Å². The van der Waals surface area contributed by atoms with Gasteiger partial charge in [0, 0.05) is 0 Å². The predicted molar refractivity (Wildman–Crippen MR) is 74.5 cm³/mol. The lowest BCUT2D eigenvalue weighted by atomic mass is 9.55. The van der Waals surface area contributed by atoms with Crippen molar-refractivity contribution in [3.8, 4) is 0 Å². The second kappa shape index (κ2) is 4.09. The lowest BCUT2D eigenvalue weighted by molar-refractivity contribution is -0.0838. The summed E-state index contributed by atoms with van der Waals surface area (Å²) in [5.41, 5.74) is 0.750. The van der Waals surface area contributed by atoms with Gasteiger partial charge in [0.25, 0.3) is 0 Å². The minimum absolute atomic E-state index is 0.645. The molecule has 1 nitrogen and oxygen atoms in total. The SMILES string of the molecule is CC(C)[Si](C)(C)OC1C2CC3CC(C2)CC1C3. The molecule has 0 atom stereocenters. The van der Waals surface area contributed by atoms with Crippen molar-refractivity contribution >= 4 is 8.32 Å². The molecular formula is C15H28OSi. The molecule has 0 spiro atoms. The predicted octanol–water partition coefficient (Wildman–Crippen LogP) is 4.44. The van der Waals surface area contributed by atoms with E-state index in [0.717, 1.165) is 29.2 Å². The molecule has 4 saturated carbocycles. The molecule has 2 heteroatoms. The summed E-state index contributed by atoms with van der Waals surface area (Å²) >= 11 is 0. The molecule has 0 heterocycles. The van der Waals surface area contributed by atoms with Gasteiger partial charge >= 0.3 is 0 Å². The Morgan fingerprint density at radius 3 is 1.76 bits per heavy atom. The largest absolute Gasteiger partial charge is 0.414 e. The first-order chi connectivity index (χ1) is 7.95. The zero-order valence-corrected chi connectivity index (χ0v) is 12.9. The average molecular weight is 252 g/mol. The van der Waals surface area contributed by atoms with Crippen LogP contribution in [-0.2, 0) is 4.43 Å². The van der Waals surface area contributed by atoms with Gasteiger partial charge in [-0.3, -0.25) is 0 Å². The number of hydrogen-bond acceptors (Lipinski definition) is 1. The minimum Gasteiger partial charge on any atom is -0.414 e. The van der Waals surface area contributed by atoms with Gasteiger partial charge in [-0.15, -0.1) is 0 Å². The van der Waals surface area contributed by atoms with Gasteiger partial charge in [-0.1, -0.05) is 13.8 Å². The fourth-order valence-electron chi connectivity index (χ4n) is 4.55. The van der Waals surface area contributed by atoms with Gasteiger partial charge in [-0.25, -0.2) is 0 Å². The Morgan fingerprint density at radius 1 is 0.882 bits per heavy atom. The molecule has 4 rings (SSSR count). The molecule has 0 aliphatic heterocycles. The van der Waals surface area contributed by atoms with Crippen LogP contribution >= 0.6 is 0 Å². The van der Waals surface area contributed by atoms with Crippen LogP contribution < -0.4 is 0 Å². The van der Waals surface area contributed by atoms with Crippen molar-refractivity contribution in [2.24, 2.45) is 23.7 Å². The second-order valence-corrected chi connectivity index (χ2v) is 12.4. The first kappa shape index (κ1) is 12.2. The highest BCUT2D eigenvalue weighted by Crippen LogP contribution is 2.55. The Kier molecular flexibility index (Phi) is 2.94. The van der Waals surface area contributed by atoms with Crippen LogP contribution in [0.3, 0.4) is 0 Å². The zero-order valence-electron chi connectivity index (χ0n) is 11.9. The number of rotatable bonds is 3. The topological polar surface area (TPSA) is 9.23 Å². The second-order valence-electron chi connectivity index (χ2n) is 7.77. The van der Waals surface area contributed by atoms with E-state index < -0.39 is 8.32 Å². The molecule has 0 N–H and O–H groups in total. The van der Waals surface area contributed by atoms with Crippen LogP contribution in [-0.4, -0.2) is 14.4 Å². The maximum atomic E-state index is 6.72. The third-order valence-corrected chi connectivity index (χ3v) is 9.63. The van der Waals surface area contributed by atoms with Crippen LogP contribution in [0.2, 0.25) is 18.6 Å². The van der Waals surface area contributed by atoms with Crippen molar-refractivity contribution in [2.45, 2.75) is 70.7 Å². The maximum Gasteiger partial charge on any atom is 0.189 e. The first-order valence-electron chi connectivity index (χ1n) is 7.63. The molecule has 0 radical (unpaired) electrons. The first-order valence-corrected chi connectivity index (χ1v) is 10.6. The fraction of sp³-hybridized carbons (Fsp3) is 1.00. The van der Waals surface area contributed by atoms with Gasteiger partial charge in [0.05, 0.1) is 6.10 Å². The van der Waals surface area contributed by atoms with E-state index in [1.165, 1.54) is 25.7 Å². The smallest absolute Gasteiger partial charge is 0.189 e. The normalized spacial score (nSPS) is 44.6. The molecule has 4 fully saturated rings. The van der Waals surface area contributed by atoms with Crippen molar-refractivity contribution in [3.63, 3.8) is 0 Å². The average Bonchev–Trinajstić information content (AvgIpc) is 2.22. The third-order valence-electron chi connectivity index (χ3n) is 5.97. The molecule has 0 unspecified atom stereocenters. The van der Waals surface area contributed by atoms with Crippen molar-refractivity contribution in [1.82, 2.24) is 0 Å². The maximum absolute atomic E-state index is 6.72. The Bertz CT molecular complexity index is 269. The fourth-order valence-corrected chi connectivity index (χ4v) is 5.91. The summed E-state index contributed by atoms with van der Waals surface area (Å²) in [7, 11) is -1.44. The van der Waals surface area contributed by atoms with E-state index in [4.69, 9.17) is 4.43 Å². The van der Waals surface area contributed by atoms with E-state index in [1.54, 1.807) is 6.42 Å². The molecule has 4 aliphatic rings. The Hall–Kier alpha value is 0.177. The molecule has 98 valence electrons. The van der Waals surface area contributed by atoms with E-state index in [2.05, 4.69) is 26.9 Å². The highest BCUT2D eigenvalue weighted by molar-refractivity contribution is 6.72. The number of hydrogen-bond donors (Lipinski definition) is 0. The van der Waals surface area contributed by atoms with Crippen LogP contribution in [0, 0.1) is 23.7 Å². The summed E-state index contributed by atoms with van der Waals surface area (Å²) in [5.74, 6) is 4.00. The Balaban J connectivity index is 1.72. The lowest BCUT2D eigenvalue weighted by Crippen LogP contribution is -2.53. The van der Waals surface area contributed by atoms with E-state index in [9.17, 15) is 0 Å². The van der Waals surface area contributed by atoms with Gasteiger partial charge in [0.1, 0.15) is 0 Å². The molecule has 0 aromatic heterocycles. The zero-order chi connectivity index (χ0) is 12.2. The summed E-state index contributed by atoms with van der Waals surface area (Å²) in [6, 6.07) is 0. The highest BCUT2D eigenvalue weighted by atomic mass is 28.4. The van der Waals surface area contributed by atoms with E-state index in [-0.39, 0.29) is 0 Å². The lowest BCUT2D eigenvalue weighted by Gasteiger charge is -2.55. The molecule has 4 bridgehead atoms. The standard InChI is InChI=1S/C15H28OSi/c1-10(2)17(3,4)16-15-13-6-11-5-12(8-13)9-14(15)7-11/h10-15H,5-9H2,1-4H3. The summed E-state index contributed by atoms with van der Waals surface area (Å²) in [4.78, 5) is 0. The summed E-state index contributed by atoms with van der Waals surface area (Å²) in [6.07, 6.45) is 8.14. The van der Waals surface area contributed by atoms with E-state index in [0.29, 0.717) is 6.10 Å². The molecular weight excluding hydrogens is 224 g/mol. The van der Waals surface area contributed by atoms with E-state index >= 15 is 0 Å². The molecule has 17 heavy (non-hydrogen) atoms. The molecule has 0 saturated heterocycles. The van der Waals surface area contributed by atoms with Crippen LogP contribution in [0.25, 0.3) is 0 Å². The molecule has 0 aromatic carbocycles. The summed E-state index contributed by atoms with van der Waals surface area (Å²) < 4.78 is 6.72. The van der Waals surface area contributed by atoms with Gasteiger partial charge in [0.15, 0.2) is 8.32 Å². The van der Waals surface area contributed by atoms with Crippen molar-refractivity contribution < 1.29 is 4.43 Å². The van der Waals surface area contributed by atoms with Gasteiger partial charge in [-0.05, 0) is 74.4 Å². The van der Waals surface area contributed by atoms with Crippen LogP contribution in [0.15, 0.2) is 0 Å². The Labute approximate surface area is 107 Å². The summed E-state index contributed by atoms with van der Waals surface area (Å²) in [6.45, 7) is 9.54. The van der Waals surface area contributed by atoms with Crippen molar-refractivity contribution in [3.05, 3.63) is 0 Å². The van der Waals surface area contributed by atoms with Crippen molar-refractivity contribution in [2.75, 3.05) is 0 Å². The minimum atomic E-state index is -1.44. The van der Waals surface area contributed by atoms with Crippen LogP contribution in [0.1, 0.15) is 46.0 Å². The van der Waals surface area contributed by atoms with Gasteiger partial charge in [0.2, 0.25) is 0 Å². The van der Waals surface area contributed by atoms with Crippen LogP contribution in [0.5, 0.6) is 0 Å². The summed E-state index contributed by atoms with van der Waals surface area (Å²) in [5, 5.41) is 0. The highest BCUT2D eigenvalue weighted by Gasteiger charge is 2.50. The van der Waals surface area contributed by atoms with Crippen LogP contribution in [0.4, 0.5) is 0 Å². The quantitative estimate of drug-likeness (QED) is 0.675. The molecule has 4 aliphatic carbocycles. The van der Waals surface area contributed by atoms with Gasteiger partial charge < -0.3 is 4.43 Å². The Morgan fingerprint density at radius 2 is 1.35 bits per heavy atom. The van der Waals surface area contributed by atoms with Gasteiger partial charge in [-0.2, -0.15) is 0 Å². The molecule has 0 amide bonds. The third kappa shape index (κ3) is 2.12. The monoisotopic (exact) mass is 252 g/mol. The van der Waals surface area contributed by atoms with Crippen molar-refractivity contribution in [1.29, 1.82) is 0 Å². The molecule has 0 aromatic rings.